The van der Waals surface area contributed by atoms with Crippen molar-refractivity contribution in [3.05, 3.63) is 10.6 Å². The fourth-order valence-corrected chi connectivity index (χ4v) is 2.43. The molecule has 0 aliphatic heterocycles. The molecule has 0 spiro atoms. The number of carbonyl (C=O) groups excluding carboxylic acids is 1. The maximum Gasteiger partial charge on any atom is 0.267 e. The number of rotatable bonds is 7. The summed E-state index contributed by atoms with van der Waals surface area (Å²) in [7, 11) is 0. The number of amides is 1. The predicted octanol–water partition coefficient (Wildman–Crippen LogP) is 2.58. The molecule has 1 rings (SSSR count). The minimum Gasteiger partial charge on any atom is -0.337 e. The highest BCUT2D eigenvalue weighted by molar-refractivity contribution is 7.08. The molecule has 6 heteroatoms. The second kappa shape index (κ2) is 7.61. The Morgan fingerprint density at radius 3 is 2.76 bits per heavy atom. The molecule has 96 valence electrons. The topological polar surface area (TPSA) is 46.1 Å². The molecule has 0 aromatic carbocycles. The summed E-state index contributed by atoms with van der Waals surface area (Å²) in [4.78, 5) is 14.7. The van der Waals surface area contributed by atoms with E-state index in [1.807, 2.05) is 6.92 Å². The highest BCUT2D eigenvalue weighted by Gasteiger charge is 2.20. The van der Waals surface area contributed by atoms with Crippen LogP contribution in [0.2, 0.25) is 0 Å². The molecule has 0 unspecified atom stereocenters. The summed E-state index contributed by atoms with van der Waals surface area (Å²) in [5.74, 6) is 0.481. The third-order valence-corrected chi connectivity index (χ3v) is 3.43. The van der Waals surface area contributed by atoms with Gasteiger partial charge in [0.1, 0.15) is 4.88 Å². The highest BCUT2D eigenvalue weighted by Crippen LogP contribution is 2.15. The van der Waals surface area contributed by atoms with E-state index < -0.39 is 0 Å². The van der Waals surface area contributed by atoms with Gasteiger partial charge in [-0.1, -0.05) is 24.8 Å². The van der Waals surface area contributed by atoms with E-state index in [0.29, 0.717) is 17.3 Å². The number of hydrogen-bond acceptors (Lipinski definition) is 4. The van der Waals surface area contributed by atoms with Crippen molar-refractivity contribution in [3.8, 4) is 0 Å². The predicted molar refractivity (Wildman–Crippen MR) is 70.8 cm³/mol. The van der Waals surface area contributed by atoms with E-state index in [0.717, 1.165) is 31.5 Å². The van der Waals surface area contributed by atoms with Gasteiger partial charge in [-0.3, -0.25) is 4.79 Å². The van der Waals surface area contributed by atoms with Crippen molar-refractivity contribution in [1.82, 2.24) is 14.5 Å². The second-order valence-electron chi connectivity index (χ2n) is 3.74. The standard InChI is InChI=1S/C11H18ClN3OS/c1-3-5-7-15(8-6-12)11(16)10-9(4-2)13-14-17-10/h3-8H2,1-2H3. The minimum atomic E-state index is 0.0194. The van der Waals surface area contributed by atoms with E-state index >= 15 is 0 Å². The Balaban J connectivity index is 2.76. The van der Waals surface area contributed by atoms with E-state index in [2.05, 4.69) is 16.5 Å². The van der Waals surface area contributed by atoms with Gasteiger partial charge in [0.2, 0.25) is 0 Å². The fourth-order valence-electron chi connectivity index (χ4n) is 1.51. The van der Waals surface area contributed by atoms with Crippen molar-refractivity contribution in [2.45, 2.75) is 33.1 Å². The first-order valence-electron chi connectivity index (χ1n) is 5.91. The molecule has 4 nitrogen and oxygen atoms in total. The van der Waals surface area contributed by atoms with Gasteiger partial charge in [-0.15, -0.1) is 16.7 Å². The summed E-state index contributed by atoms with van der Waals surface area (Å²) in [5, 5.41) is 3.97. The molecule has 0 aliphatic rings. The summed E-state index contributed by atoms with van der Waals surface area (Å²) in [5.41, 5.74) is 0.788. The van der Waals surface area contributed by atoms with E-state index in [9.17, 15) is 4.79 Å². The van der Waals surface area contributed by atoms with Gasteiger partial charge in [0.05, 0.1) is 5.69 Å². The molecular formula is C11H18ClN3OS. The Morgan fingerprint density at radius 2 is 2.18 bits per heavy atom. The van der Waals surface area contributed by atoms with Gasteiger partial charge in [-0.05, 0) is 24.4 Å². The third kappa shape index (κ3) is 3.92. The molecule has 17 heavy (non-hydrogen) atoms. The zero-order chi connectivity index (χ0) is 12.7. The number of aromatic nitrogens is 2. The molecule has 0 atom stereocenters. The van der Waals surface area contributed by atoms with Crippen LogP contribution in [0.25, 0.3) is 0 Å². The molecule has 1 aromatic rings. The van der Waals surface area contributed by atoms with E-state index in [4.69, 9.17) is 11.6 Å². The van der Waals surface area contributed by atoms with Crippen LogP contribution in [0.3, 0.4) is 0 Å². The van der Waals surface area contributed by atoms with Crippen molar-refractivity contribution >= 4 is 29.0 Å². The van der Waals surface area contributed by atoms with Crippen molar-refractivity contribution in [2.75, 3.05) is 19.0 Å². The lowest BCUT2D eigenvalue weighted by Crippen LogP contribution is -2.33. The van der Waals surface area contributed by atoms with Crippen LogP contribution in [0.5, 0.6) is 0 Å². The first-order chi connectivity index (χ1) is 8.24. The Hall–Kier alpha value is -0.680. The van der Waals surface area contributed by atoms with Crippen LogP contribution in [0.4, 0.5) is 0 Å². The van der Waals surface area contributed by atoms with Crippen molar-refractivity contribution < 1.29 is 4.79 Å². The quantitative estimate of drug-likeness (QED) is 0.719. The number of carbonyl (C=O) groups is 1. The normalized spacial score (nSPS) is 10.5. The molecule has 1 aromatic heterocycles. The smallest absolute Gasteiger partial charge is 0.267 e. The lowest BCUT2D eigenvalue weighted by molar-refractivity contribution is 0.0767. The van der Waals surface area contributed by atoms with E-state index in [-0.39, 0.29) is 5.91 Å². The number of aryl methyl sites for hydroxylation is 1. The lowest BCUT2D eigenvalue weighted by Gasteiger charge is -2.20. The Bertz CT molecular complexity index is 356. The van der Waals surface area contributed by atoms with Gasteiger partial charge in [0, 0.05) is 19.0 Å². The third-order valence-electron chi connectivity index (χ3n) is 2.51. The Kier molecular flexibility index (Phi) is 6.44. The molecule has 0 aliphatic carbocycles. The number of nitrogens with zero attached hydrogens (tertiary/aromatic N) is 3. The highest BCUT2D eigenvalue weighted by atomic mass is 35.5. The summed E-state index contributed by atoms with van der Waals surface area (Å²) >= 11 is 6.91. The van der Waals surface area contributed by atoms with Crippen molar-refractivity contribution in [1.29, 1.82) is 0 Å². The molecule has 1 heterocycles. The van der Waals surface area contributed by atoms with Gasteiger partial charge in [0.15, 0.2) is 0 Å². The maximum absolute atomic E-state index is 12.3. The lowest BCUT2D eigenvalue weighted by atomic mass is 10.2. The molecule has 0 N–H and O–H groups in total. The van der Waals surface area contributed by atoms with Crippen LogP contribution in [0, 0.1) is 0 Å². The average Bonchev–Trinajstić information content (AvgIpc) is 2.81. The number of halogens is 1. The molecular weight excluding hydrogens is 258 g/mol. The van der Waals surface area contributed by atoms with Gasteiger partial charge in [0.25, 0.3) is 5.91 Å². The Morgan fingerprint density at radius 1 is 1.41 bits per heavy atom. The molecule has 0 radical (unpaired) electrons. The molecule has 0 fully saturated rings. The van der Waals surface area contributed by atoms with Crippen molar-refractivity contribution in [2.24, 2.45) is 0 Å². The SMILES string of the molecule is CCCCN(CCCl)C(=O)c1snnc1CC. The fraction of sp³-hybridized carbons (Fsp3) is 0.727. The summed E-state index contributed by atoms with van der Waals surface area (Å²) in [6.07, 6.45) is 2.80. The van der Waals surface area contributed by atoms with Gasteiger partial charge in [-0.25, -0.2) is 0 Å². The molecule has 0 saturated heterocycles. The molecule has 1 amide bonds. The Labute approximate surface area is 111 Å². The van der Waals surface area contributed by atoms with Crippen molar-refractivity contribution in [3.63, 3.8) is 0 Å². The molecule has 0 saturated carbocycles. The summed E-state index contributed by atoms with van der Waals surface area (Å²) in [6.45, 7) is 5.42. The monoisotopic (exact) mass is 275 g/mol. The van der Waals surface area contributed by atoms with E-state index in [1.165, 1.54) is 11.5 Å². The average molecular weight is 276 g/mol. The van der Waals surface area contributed by atoms with Crippen LogP contribution in [-0.2, 0) is 6.42 Å². The summed E-state index contributed by atoms with van der Waals surface area (Å²) < 4.78 is 3.85. The van der Waals surface area contributed by atoms with Crippen LogP contribution in [-0.4, -0.2) is 39.4 Å². The maximum atomic E-state index is 12.3. The van der Waals surface area contributed by atoms with Crippen LogP contribution in [0.1, 0.15) is 42.1 Å². The van der Waals surface area contributed by atoms with E-state index in [1.54, 1.807) is 4.90 Å². The molecule has 0 bridgehead atoms. The van der Waals surface area contributed by atoms with Crippen LogP contribution in [0.15, 0.2) is 0 Å². The summed E-state index contributed by atoms with van der Waals surface area (Å²) in [6, 6.07) is 0. The van der Waals surface area contributed by atoms with Gasteiger partial charge in [-0.2, -0.15) is 0 Å². The van der Waals surface area contributed by atoms with Gasteiger partial charge < -0.3 is 4.90 Å². The first kappa shape index (κ1) is 14.4. The number of hydrogen-bond donors (Lipinski definition) is 0. The van der Waals surface area contributed by atoms with Crippen LogP contribution < -0.4 is 0 Å². The second-order valence-corrected chi connectivity index (χ2v) is 4.87. The minimum absolute atomic E-state index is 0.0194. The first-order valence-corrected chi connectivity index (χ1v) is 7.21. The largest absolute Gasteiger partial charge is 0.337 e. The van der Waals surface area contributed by atoms with Crippen LogP contribution >= 0.6 is 23.1 Å². The zero-order valence-electron chi connectivity index (χ0n) is 10.3. The number of unbranched alkanes of at least 4 members (excludes halogenated alkanes) is 1. The zero-order valence-corrected chi connectivity index (χ0v) is 11.9. The van der Waals surface area contributed by atoms with Gasteiger partial charge >= 0.3 is 0 Å². The number of alkyl halides is 1.